The average molecular weight is 216 g/mol. The van der Waals surface area contributed by atoms with E-state index in [0.717, 1.165) is 0 Å². The van der Waals surface area contributed by atoms with E-state index in [4.69, 9.17) is 16.3 Å². The van der Waals surface area contributed by atoms with Crippen LogP contribution in [-0.4, -0.2) is 15.9 Å². The molecule has 0 saturated heterocycles. The number of nitrogen functional groups attached to an aromatic ring is 1. The van der Waals surface area contributed by atoms with Gasteiger partial charge < -0.3 is 11.1 Å². The highest BCUT2D eigenvalue weighted by atomic mass is 16.1. The SMILES string of the molecule is CCC(=O)Nc1nc(C#N)c(N)nc1C#N. The fourth-order valence-corrected chi connectivity index (χ4v) is 0.916. The van der Waals surface area contributed by atoms with Gasteiger partial charge in [-0.15, -0.1) is 0 Å². The summed E-state index contributed by atoms with van der Waals surface area (Å²) >= 11 is 0. The third kappa shape index (κ3) is 2.22. The monoisotopic (exact) mass is 216 g/mol. The van der Waals surface area contributed by atoms with Gasteiger partial charge in [0.05, 0.1) is 0 Å². The van der Waals surface area contributed by atoms with Crippen molar-refractivity contribution in [3.63, 3.8) is 0 Å². The zero-order chi connectivity index (χ0) is 12.1. The molecule has 0 aliphatic rings. The lowest BCUT2D eigenvalue weighted by Gasteiger charge is -2.05. The molecule has 1 aromatic rings. The fraction of sp³-hybridized carbons (Fsp3) is 0.222. The molecule has 0 aliphatic heterocycles. The molecule has 0 aliphatic carbocycles. The number of rotatable bonds is 2. The van der Waals surface area contributed by atoms with E-state index < -0.39 is 0 Å². The standard InChI is InChI=1S/C9H8N6O/c1-2-7(16)15-9-6(4-11)13-8(12)5(3-10)14-9/h2H2,1H3,(H2,12,13)(H,14,15,16). The van der Waals surface area contributed by atoms with E-state index in [2.05, 4.69) is 15.3 Å². The van der Waals surface area contributed by atoms with E-state index in [9.17, 15) is 4.79 Å². The highest BCUT2D eigenvalue weighted by Crippen LogP contribution is 2.14. The lowest BCUT2D eigenvalue weighted by Crippen LogP contribution is -2.14. The van der Waals surface area contributed by atoms with Crippen LogP contribution in [0.15, 0.2) is 0 Å². The van der Waals surface area contributed by atoms with Gasteiger partial charge in [-0.1, -0.05) is 6.92 Å². The van der Waals surface area contributed by atoms with Gasteiger partial charge in [0.1, 0.15) is 12.1 Å². The molecule has 0 atom stereocenters. The molecule has 0 bridgehead atoms. The van der Waals surface area contributed by atoms with Crippen LogP contribution in [0.1, 0.15) is 24.7 Å². The van der Waals surface area contributed by atoms with Crippen LogP contribution in [0.5, 0.6) is 0 Å². The largest absolute Gasteiger partial charge is 0.381 e. The second kappa shape index (κ2) is 4.71. The summed E-state index contributed by atoms with van der Waals surface area (Å²) in [5.41, 5.74) is 5.15. The van der Waals surface area contributed by atoms with E-state index in [1.54, 1.807) is 19.1 Å². The summed E-state index contributed by atoms with van der Waals surface area (Å²) in [7, 11) is 0. The second-order valence-corrected chi connectivity index (χ2v) is 2.78. The first-order valence-electron chi connectivity index (χ1n) is 4.40. The predicted molar refractivity (Wildman–Crippen MR) is 54.8 cm³/mol. The first-order valence-corrected chi connectivity index (χ1v) is 4.40. The molecule has 16 heavy (non-hydrogen) atoms. The van der Waals surface area contributed by atoms with Gasteiger partial charge in [0.25, 0.3) is 0 Å². The van der Waals surface area contributed by atoms with Crippen molar-refractivity contribution in [2.45, 2.75) is 13.3 Å². The van der Waals surface area contributed by atoms with Gasteiger partial charge in [0.2, 0.25) is 5.91 Å². The first-order chi connectivity index (χ1) is 7.62. The van der Waals surface area contributed by atoms with E-state index in [1.807, 2.05) is 0 Å². The third-order valence-electron chi connectivity index (χ3n) is 1.71. The summed E-state index contributed by atoms with van der Waals surface area (Å²) in [6.45, 7) is 1.65. The van der Waals surface area contributed by atoms with Crippen molar-refractivity contribution in [1.29, 1.82) is 10.5 Å². The van der Waals surface area contributed by atoms with Gasteiger partial charge in [0.15, 0.2) is 23.0 Å². The van der Waals surface area contributed by atoms with Crippen molar-refractivity contribution in [1.82, 2.24) is 9.97 Å². The molecule has 0 fully saturated rings. The Balaban J connectivity index is 3.22. The molecular weight excluding hydrogens is 208 g/mol. The van der Waals surface area contributed by atoms with Crippen molar-refractivity contribution in [3.8, 4) is 12.1 Å². The first kappa shape index (κ1) is 11.4. The van der Waals surface area contributed by atoms with Gasteiger partial charge >= 0.3 is 0 Å². The highest BCUT2D eigenvalue weighted by Gasteiger charge is 2.12. The molecule has 0 aromatic carbocycles. The maximum absolute atomic E-state index is 11.1. The van der Waals surface area contributed by atoms with E-state index in [-0.39, 0.29) is 35.4 Å². The summed E-state index contributed by atoms with van der Waals surface area (Å²) in [6.07, 6.45) is 0.235. The van der Waals surface area contributed by atoms with Gasteiger partial charge in [-0.25, -0.2) is 9.97 Å². The molecule has 1 amide bonds. The topological polar surface area (TPSA) is 128 Å². The number of hydrogen-bond acceptors (Lipinski definition) is 6. The lowest BCUT2D eigenvalue weighted by atomic mass is 10.3. The molecule has 0 unspecified atom stereocenters. The number of nitrogens with two attached hydrogens (primary N) is 1. The maximum atomic E-state index is 11.1. The summed E-state index contributed by atoms with van der Waals surface area (Å²) in [5.74, 6) is -0.492. The summed E-state index contributed by atoms with van der Waals surface area (Å²) < 4.78 is 0. The van der Waals surface area contributed by atoms with Crippen molar-refractivity contribution < 1.29 is 4.79 Å². The predicted octanol–water partition coefficient (Wildman–Crippen LogP) is 0.151. The number of nitrogens with zero attached hydrogens (tertiary/aromatic N) is 4. The minimum absolute atomic E-state index is 0.0416. The van der Waals surface area contributed by atoms with Crippen LogP contribution in [0.4, 0.5) is 11.6 Å². The van der Waals surface area contributed by atoms with Crippen LogP contribution in [0.25, 0.3) is 0 Å². The smallest absolute Gasteiger partial charge is 0.225 e. The Hall–Kier alpha value is -2.67. The molecule has 7 heteroatoms. The van der Waals surface area contributed by atoms with Crippen LogP contribution in [-0.2, 0) is 4.79 Å². The van der Waals surface area contributed by atoms with Crippen molar-refractivity contribution in [2.24, 2.45) is 0 Å². The molecular formula is C9H8N6O. The van der Waals surface area contributed by atoms with Gasteiger partial charge in [-0.05, 0) is 0 Å². The Morgan fingerprint density at radius 3 is 2.50 bits per heavy atom. The number of hydrogen-bond donors (Lipinski definition) is 2. The Kier molecular flexibility index (Phi) is 3.36. The minimum Gasteiger partial charge on any atom is -0.381 e. The zero-order valence-corrected chi connectivity index (χ0v) is 8.48. The molecule has 1 rings (SSSR count). The highest BCUT2D eigenvalue weighted by molar-refractivity contribution is 5.90. The number of aromatic nitrogens is 2. The average Bonchev–Trinajstić information content (AvgIpc) is 2.30. The Labute approximate surface area is 91.5 Å². The number of amides is 1. The molecule has 3 N–H and O–H groups in total. The fourth-order valence-electron chi connectivity index (χ4n) is 0.916. The van der Waals surface area contributed by atoms with E-state index in [0.29, 0.717) is 0 Å². The minimum atomic E-state index is -0.320. The molecule has 0 spiro atoms. The van der Waals surface area contributed by atoms with Crippen molar-refractivity contribution >= 4 is 17.5 Å². The normalized spacial score (nSPS) is 8.94. The molecule has 80 valence electrons. The summed E-state index contributed by atoms with van der Waals surface area (Å²) in [6, 6.07) is 3.46. The quantitative estimate of drug-likeness (QED) is 0.723. The van der Waals surface area contributed by atoms with E-state index in [1.165, 1.54) is 0 Å². The van der Waals surface area contributed by atoms with Crippen molar-refractivity contribution in [3.05, 3.63) is 11.4 Å². The van der Waals surface area contributed by atoms with Crippen LogP contribution in [0, 0.1) is 22.7 Å². The number of nitrogens with one attached hydrogen (secondary N) is 1. The number of carbonyl (C=O) groups is 1. The van der Waals surface area contributed by atoms with Crippen LogP contribution >= 0.6 is 0 Å². The molecule has 0 radical (unpaired) electrons. The summed E-state index contributed by atoms with van der Waals surface area (Å²) in [4.78, 5) is 18.5. The van der Waals surface area contributed by atoms with Crippen LogP contribution in [0.3, 0.4) is 0 Å². The van der Waals surface area contributed by atoms with Crippen LogP contribution in [0.2, 0.25) is 0 Å². The Morgan fingerprint density at radius 2 is 2.00 bits per heavy atom. The lowest BCUT2D eigenvalue weighted by molar-refractivity contribution is -0.115. The number of nitriles is 2. The molecule has 0 saturated carbocycles. The van der Waals surface area contributed by atoms with Gasteiger partial charge in [0, 0.05) is 6.42 Å². The number of carbonyl (C=O) groups excluding carboxylic acids is 1. The van der Waals surface area contributed by atoms with Crippen LogP contribution < -0.4 is 11.1 Å². The number of anilines is 2. The van der Waals surface area contributed by atoms with Gasteiger partial charge in [-0.2, -0.15) is 10.5 Å². The Bertz CT molecular complexity index is 510. The maximum Gasteiger partial charge on any atom is 0.225 e. The molecule has 7 nitrogen and oxygen atoms in total. The van der Waals surface area contributed by atoms with E-state index >= 15 is 0 Å². The van der Waals surface area contributed by atoms with Crippen molar-refractivity contribution in [2.75, 3.05) is 11.1 Å². The Morgan fingerprint density at radius 1 is 1.38 bits per heavy atom. The molecule has 1 heterocycles. The summed E-state index contributed by atoms with van der Waals surface area (Å²) in [5, 5.41) is 19.8. The third-order valence-corrected chi connectivity index (χ3v) is 1.71. The van der Waals surface area contributed by atoms with Gasteiger partial charge in [-0.3, -0.25) is 4.79 Å². The zero-order valence-electron chi connectivity index (χ0n) is 8.48. The second-order valence-electron chi connectivity index (χ2n) is 2.78. The molecule has 1 aromatic heterocycles.